The highest BCUT2D eigenvalue weighted by molar-refractivity contribution is 5.93. The van der Waals surface area contributed by atoms with Gasteiger partial charge in [-0.2, -0.15) is 0 Å². The van der Waals surface area contributed by atoms with Crippen molar-refractivity contribution in [1.82, 2.24) is 16.0 Å². The SMILES string of the molecule is CCC(C)C(NC(=O)C(CCCCN)NC(=O)C(NC(=O)CN)C(C)CC)C(=O)O. The molecule has 5 unspecified atom stereocenters. The van der Waals surface area contributed by atoms with Crippen LogP contribution < -0.4 is 27.4 Å². The predicted octanol–water partition coefficient (Wildman–Crippen LogP) is -0.295. The molecule has 0 aromatic rings. The minimum atomic E-state index is -1.13. The lowest BCUT2D eigenvalue weighted by molar-refractivity contribution is -0.144. The summed E-state index contributed by atoms with van der Waals surface area (Å²) in [7, 11) is 0. The zero-order chi connectivity index (χ0) is 23.3. The van der Waals surface area contributed by atoms with Gasteiger partial charge in [-0.1, -0.05) is 40.5 Å². The molecular weight excluding hydrogens is 390 g/mol. The van der Waals surface area contributed by atoms with Gasteiger partial charge in [-0.25, -0.2) is 4.79 Å². The standard InChI is InChI=1S/C20H39N5O5/c1-5-12(3)16(24-15(26)11-22)19(28)23-14(9-7-8-10-21)18(27)25-17(20(29)30)13(4)6-2/h12-14,16-17H,5-11,21-22H2,1-4H3,(H,23,28)(H,24,26)(H,25,27)(H,29,30). The number of hydrogen-bond acceptors (Lipinski definition) is 6. The van der Waals surface area contributed by atoms with Gasteiger partial charge in [0.2, 0.25) is 17.7 Å². The highest BCUT2D eigenvalue weighted by Crippen LogP contribution is 2.12. The Hall–Kier alpha value is -2.20. The van der Waals surface area contributed by atoms with Crippen LogP contribution in [0.15, 0.2) is 0 Å². The van der Waals surface area contributed by atoms with Crippen LogP contribution in [0.25, 0.3) is 0 Å². The lowest BCUT2D eigenvalue weighted by Gasteiger charge is -2.28. The monoisotopic (exact) mass is 429 g/mol. The lowest BCUT2D eigenvalue weighted by Crippen LogP contribution is -2.58. The second kappa shape index (κ2) is 14.7. The molecule has 0 radical (unpaired) electrons. The second-order valence-corrected chi connectivity index (χ2v) is 7.69. The van der Waals surface area contributed by atoms with Crippen LogP contribution in [-0.2, 0) is 19.2 Å². The van der Waals surface area contributed by atoms with Crippen LogP contribution in [0.3, 0.4) is 0 Å². The van der Waals surface area contributed by atoms with E-state index in [-0.39, 0.29) is 18.4 Å². The summed E-state index contributed by atoms with van der Waals surface area (Å²) in [6.07, 6.45) is 2.75. The van der Waals surface area contributed by atoms with Crippen molar-refractivity contribution < 1.29 is 24.3 Å². The average Bonchev–Trinajstić information content (AvgIpc) is 2.73. The number of nitrogens with two attached hydrogens (primary N) is 2. The second-order valence-electron chi connectivity index (χ2n) is 7.69. The van der Waals surface area contributed by atoms with Gasteiger partial charge in [0.25, 0.3) is 0 Å². The first-order valence-corrected chi connectivity index (χ1v) is 10.7. The number of rotatable bonds is 15. The first-order chi connectivity index (χ1) is 14.1. The molecule has 0 aromatic carbocycles. The molecule has 174 valence electrons. The van der Waals surface area contributed by atoms with Crippen molar-refractivity contribution in [2.24, 2.45) is 23.3 Å². The number of unbranched alkanes of at least 4 members (excludes halogenated alkanes) is 1. The Morgan fingerprint density at radius 3 is 1.87 bits per heavy atom. The maximum atomic E-state index is 12.9. The summed E-state index contributed by atoms with van der Waals surface area (Å²) in [6, 6.07) is -2.84. The average molecular weight is 430 g/mol. The molecule has 30 heavy (non-hydrogen) atoms. The number of aliphatic carboxylic acids is 1. The fraction of sp³-hybridized carbons (Fsp3) is 0.800. The quantitative estimate of drug-likeness (QED) is 0.194. The predicted molar refractivity (Wildman–Crippen MR) is 114 cm³/mol. The molecule has 0 fully saturated rings. The molecule has 8 N–H and O–H groups in total. The van der Waals surface area contributed by atoms with E-state index in [9.17, 15) is 24.3 Å². The molecule has 0 aliphatic rings. The summed E-state index contributed by atoms with van der Waals surface area (Å²) in [5.41, 5.74) is 10.9. The van der Waals surface area contributed by atoms with Crippen molar-refractivity contribution in [2.75, 3.05) is 13.1 Å². The van der Waals surface area contributed by atoms with Gasteiger partial charge in [-0.05, 0) is 37.6 Å². The molecule has 5 atom stereocenters. The Kier molecular flexibility index (Phi) is 13.7. The Balaban J connectivity index is 5.46. The molecule has 0 aromatic heterocycles. The largest absolute Gasteiger partial charge is 0.480 e. The van der Waals surface area contributed by atoms with Crippen molar-refractivity contribution in [2.45, 2.75) is 77.9 Å². The molecule has 0 spiro atoms. The smallest absolute Gasteiger partial charge is 0.326 e. The molecular formula is C20H39N5O5. The van der Waals surface area contributed by atoms with Crippen LogP contribution in [0.5, 0.6) is 0 Å². The van der Waals surface area contributed by atoms with Crippen LogP contribution in [0, 0.1) is 11.8 Å². The summed E-state index contributed by atoms with van der Waals surface area (Å²) < 4.78 is 0. The molecule has 3 amide bonds. The van der Waals surface area contributed by atoms with Gasteiger partial charge in [0.05, 0.1) is 6.54 Å². The van der Waals surface area contributed by atoms with Crippen molar-refractivity contribution >= 4 is 23.7 Å². The van der Waals surface area contributed by atoms with Gasteiger partial charge in [0.1, 0.15) is 18.1 Å². The maximum Gasteiger partial charge on any atom is 0.326 e. The first kappa shape index (κ1) is 27.8. The molecule has 10 nitrogen and oxygen atoms in total. The van der Waals surface area contributed by atoms with E-state index in [1.807, 2.05) is 20.8 Å². The number of carboxylic acid groups (broad SMARTS) is 1. The minimum absolute atomic E-state index is 0.180. The zero-order valence-corrected chi connectivity index (χ0v) is 18.6. The molecule has 0 rings (SSSR count). The third kappa shape index (κ3) is 9.53. The Morgan fingerprint density at radius 2 is 1.40 bits per heavy atom. The number of carboxylic acids is 1. The third-order valence-corrected chi connectivity index (χ3v) is 5.35. The van der Waals surface area contributed by atoms with E-state index in [0.29, 0.717) is 38.6 Å². The van der Waals surface area contributed by atoms with E-state index in [1.165, 1.54) is 0 Å². The van der Waals surface area contributed by atoms with Crippen molar-refractivity contribution in [3.05, 3.63) is 0 Å². The molecule has 0 saturated carbocycles. The van der Waals surface area contributed by atoms with Crippen LogP contribution in [0.1, 0.15) is 59.8 Å². The highest BCUT2D eigenvalue weighted by Gasteiger charge is 2.32. The number of carbonyl (C=O) groups excluding carboxylic acids is 3. The van der Waals surface area contributed by atoms with Crippen LogP contribution >= 0.6 is 0 Å². The van der Waals surface area contributed by atoms with Gasteiger partial charge >= 0.3 is 5.97 Å². The van der Waals surface area contributed by atoms with E-state index in [4.69, 9.17) is 11.5 Å². The highest BCUT2D eigenvalue weighted by atomic mass is 16.4. The number of nitrogens with one attached hydrogen (secondary N) is 3. The summed E-state index contributed by atoms with van der Waals surface area (Å²) in [6.45, 7) is 7.46. The van der Waals surface area contributed by atoms with Gasteiger partial charge in [-0.15, -0.1) is 0 Å². The minimum Gasteiger partial charge on any atom is -0.480 e. The van der Waals surface area contributed by atoms with E-state index in [1.54, 1.807) is 6.92 Å². The normalized spacial score (nSPS) is 15.9. The molecule has 0 aliphatic heterocycles. The zero-order valence-electron chi connectivity index (χ0n) is 18.6. The molecule has 0 saturated heterocycles. The maximum absolute atomic E-state index is 12.9. The number of carbonyl (C=O) groups is 4. The summed E-state index contributed by atoms with van der Waals surface area (Å²) in [4.78, 5) is 49.0. The number of hydrogen-bond donors (Lipinski definition) is 6. The van der Waals surface area contributed by atoms with Crippen LogP contribution in [0.2, 0.25) is 0 Å². The van der Waals surface area contributed by atoms with Crippen molar-refractivity contribution in [3.63, 3.8) is 0 Å². The van der Waals surface area contributed by atoms with Gasteiger partial charge in [0.15, 0.2) is 0 Å². The molecule has 10 heteroatoms. The van der Waals surface area contributed by atoms with E-state index >= 15 is 0 Å². The van der Waals surface area contributed by atoms with Gasteiger partial charge in [-0.3, -0.25) is 14.4 Å². The summed E-state index contributed by atoms with van der Waals surface area (Å²) >= 11 is 0. The van der Waals surface area contributed by atoms with E-state index in [2.05, 4.69) is 16.0 Å². The van der Waals surface area contributed by atoms with Crippen LogP contribution in [-0.4, -0.2) is 60.0 Å². The fourth-order valence-corrected chi connectivity index (χ4v) is 2.89. The van der Waals surface area contributed by atoms with Crippen LogP contribution in [0.4, 0.5) is 0 Å². The molecule has 0 heterocycles. The number of amides is 3. The molecule has 0 bridgehead atoms. The molecule has 0 aliphatic carbocycles. The fourth-order valence-electron chi connectivity index (χ4n) is 2.89. The lowest BCUT2D eigenvalue weighted by atomic mass is 9.96. The van der Waals surface area contributed by atoms with E-state index in [0.717, 1.165) is 0 Å². The van der Waals surface area contributed by atoms with Crippen molar-refractivity contribution in [3.8, 4) is 0 Å². The summed E-state index contributed by atoms with van der Waals surface area (Å²) in [5, 5.41) is 17.3. The van der Waals surface area contributed by atoms with E-state index < -0.39 is 41.8 Å². The van der Waals surface area contributed by atoms with Gasteiger partial charge in [0, 0.05) is 0 Å². The first-order valence-electron chi connectivity index (χ1n) is 10.7. The van der Waals surface area contributed by atoms with Gasteiger partial charge < -0.3 is 32.5 Å². The Bertz CT molecular complexity index is 572. The summed E-state index contributed by atoms with van der Waals surface area (Å²) in [5.74, 6) is -3.13. The Labute approximate surface area is 178 Å². The van der Waals surface area contributed by atoms with Crippen molar-refractivity contribution in [1.29, 1.82) is 0 Å². The Morgan fingerprint density at radius 1 is 0.833 bits per heavy atom. The topological polar surface area (TPSA) is 177 Å². The third-order valence-electron chi connectivity index (χ3n) is 5.35.